The lowest BCUT2D eigenvalue weighted by atomic mass is 10.0. The normalized spacial score (nSPS) is 12.2. The topological polar surface area (TPSA) is 112 Å². The average molecular weight is 597 g/mol. The van der Waals surface area contributed by atoms with E-state index < -0.39 is 18.1 Å². The Balaban J connectivity index is 1.74. The Kier molecular flexibility index (Phi) is 9.54. The molecule has 1 N–H and O–H groups in total. The molecule has 1 unspecified atom stereocenters. The van der Waals surface area contributed by atoms with Crippen LogP contribution in [0.15, 0.2) is 85.2 Å². The maximum atomic E-state index is 12.2. The van der Waals surface area contributed by atoms with Gasteiger partial charge in [-0.25, -0.2) is 4.79 Å². The van der Waals surface area contributed by atoms with Gasteiger partial charge < -0.3 is 24.5 Å². The number of anilines is 1. The predicted octanol–water partition coefficient (Wildman–Crippen LogP) is 5.80. The predicted molar refractivity (Wildman–Crippen MR) is 154 cm³/mol. The molecule has 4 rings (SSSR count). The van der Waals surface area contributed by atoms with Gasteiger partial charge in [-0.05, 0) is 35.4 Å². The van der Waals surface area contributed by atoms with Crippen molar-refractivity contribution < 1.29 is 33.6 Å². The maximum Gasteiger partial charge on any atom is 0.331 e. The molecule has 0 fully saturated rings. The number of carboxylic acid groups (broad SMARTS) is 1. The van der Waals surface area contributed by atoms with E-state index in [2.05, 4.69) is 0 Å². The number of benzene rings is 3. The monoisotopic (exact) mass is 596 g/mol. The highest BCUT2D eigenvalue weighted by molar-refractivity contribution is 6.35. The summed E-state index contributed by atoms with van der Waals surface area (Å²) in [5, 5.41) is 22.1. The van der Waals surface area contributed by atoms with Gasteiger partial charge in [-0.2, -0.15) is 4.73 Å². The summed E-state index contributed by atoms with van der Waals surface area (Å²) in [6.45, 7) is 0. The van der Waals surface area contributed by atoms with Crippen LogP contribution in [-0.2, 0) is 16.0 Å². The van der Waals surface area contributed by atoms with E-state index in [0.717, 1.165) is 4.90 Å². The number of carbonyl (C=O) groups excluding carboxylic acids is 1. The van der Waals surface area contributed by atoms with E-state index in [0.29, 0.717) is 50.8 Å². The highest BCUT2D eigenvalue weighted by Gasteiger charge is 2.28. The Bertz CT molecular complexity index is 1510. The van der Waals surface area contributed by atoms with Gasteiger partial charge in [-0.3, -0.25) is 9.69 Å². The molecule has 2 atom stereocenters. The smallest absolute Gasteiger partial charge is 0.331 e. The second kappa shape index (κ2) is 13.3. The fourth-order valence-electron chi connectivity index (χ4n) is 4.40. The van der Waals surface area contributed by atoms with Crippen LogP contribution in [0.3, 0.4) is 0 Å². The molecular weight excluding hydrogens is 571 g/mol. The lowest BCUT2D eigenvalue weighted by molar-refractivity contribution is -0.605. The van der Waals surface area contributed by atoms with Crippen LogP contribution in [0.1, 0.15) is 28.8 Å². The number of carboxylic acids is 1. The molecule has 9 nitrogen and oxygen atoms in total. The maximum absolute atomic E-state index is 12.2. The van der Waals surface area contributed by atoms with Crippen molar-refractivity contribution in [1.82, 2.24) is 0 Å². The molecule has 1 aromatic heterocycles. The van der Waals surface area contributed by atoms with Crippen LogP contribution in [0.2, 0.25) is 10.0 Å². The minimum absolute atomic E-state index is 0.162. The van der Waals surface area contributed by atoms with E-state index in [1.807, 2.05) is 0 Å². The molecule has 0 saturated carbocycles. The zero-order valence-electron chi connectivity index (χ0n) is 22.1. The van der Waals surface area contributed by atoms with Crippen molar-refractivity contribution in [3.8, 4) is 17.2 Å². The minimum Gasteiger partial charge on any atom is -0.619 e. The summed E-state index contributed by atoms with van der Waals surface area (Å²) in [7, 11) is 3.04. The lowest BCUT2D eigenvalue weighted by Crippen LogP contribution is -2.33. The van der Waals surface area contributed by atoms with E-state index in [-0.39, 0.29) is 16.5 Å². The van der Waals surface area contributed by atoms with Gasteiger partial charge in [0.05, 0.1) is 14.2 Å². The highest BCUT2D eigenvalue weighted by atomic mass is 35.5. The summed E-state index contributed by atoms with van der Waals surface area (Å²) in [4.78, 5) is 25.5. The van der Waals surface area contributed by atoms with Gasteiger partial charge in [0.1, 0.15) is 21.9 Å². The Morgan fingerprint density at radius 1 is 0.951 bits per heavy atom. The standard InChI is InChI=1S/C30H26Cl2N2O7/c1-39-26-12-11-20(13-28(26)40-2)27(15-23-24(31)16-33(38)17-25(23)32)41-22-10-6-9-21(14-22)34(18-35)29(30(36)37)19-7-4-3-5-8-19/h3-14,16-18,27,29H,15H2,1-2H3,(H,36,37)/t27-,29?/m0/s1. The van der Waals surface area contributed by atoms with E-state index in [4.69, 9.17) is 37.4 Å². The SMILES string of the molecule is COc1ccc([C@H](Cc2c(Cl)c[n+]([O-])cc2Cl)Oc2cccc(N(C=O)C(C(=O)O)c3ccccc3)c2)cc1OC. The van der Waals surface area contributed by atoms with E-state index in [9.17, 15) is 19.9 Å². The van der Waals surface area contributed by atoms with Crippen molar-refractivity contribution >= 4 is 41.3 Å². The zero-order chi connectivity index (χ0) is 29.5. The molecule has 0 aliphatic rings. The fourth-order valence-corrected chi connectivity index (χ4v) is 5.00. The van der Waals surface area contributed by atoms with Gasteiger partial charge in [-0.1, -0.05) is 65.7 Å². The van der Waals surface area contributed by atoms with Crippen molar-refractivity contribution in [2.45, 2.75) is 18.6 Å². The quantitative estimate of drug-likeness (QED) is 0.125. The van der Waals surface area contributed by atoms with E-state index in [1.165, 1.54) is 26.6 Å². The van der Waals surface area contributed by atoms with Gasteiger partial charge in [0.15, 0.2) is 29.9 Å². The Hall–Kier alpha value is -4.47. The number of ether oxygens (including phenoxy) is 3. The van der Waals surface area contributed by atoms with Gasteiger partial charge in [0, 0.05) is 23.7 Å². The van der Waals surface area contributed by atoms with E-state index >= 15 is 0 Å². The van der Waals surface area contributed by atoms with Crippen molar-refractivity contribution in [3.63, 3.8) is 0 Å². The molecule has 0 aliphatic carbocycles. The number of aliphatic carboxylic acids is 1. The molecule has 0 radical (unpaired) electrons. The third kappa shape index (κ3) is 6.82. The first-order valence-electron chi connectivity index (χ1n) is 12.3. The molecule has 0 aliphatic heterocycles. The molecule has 0 spiro atoms. The lowest BCUT2D eigenvalue weighted by Gasteiger charge is -2.26. The molecule has 0 bridgehead atoms. The largest absolute Gasteiger partial charge is 0.619 e. The number of nitrogens with zero attached hydrogens (tertiary/aromatic N) is 2. The van der Waals surface area contributed by atoms with Crippen molar-refractivity contribution in [3.05, 3.63) is 117 Å². The number of aromatic nitrogens is 1. The van der Waals surface area contributed by atoms with Crippen LogP contribution < -0.4 is 23.8 Å². The second-order valence-corrected chi connectivity index (χ2v) is 9.69. The molecule has 3 aromatic carbocycles. The fraction of sp³-hybridized carbons (Fsp3) is 0.167. The minimum atomic E-state index is -1.26. The summed E-state index contributed by atoms with van der Waals surface area (Å²) in [5.41, 5.74) is 1.91. The highest BCUT2D eigenvalue weighted by Crippen LogP contribution is 2.37. The summed E-state index contributed by atoms with van der Waals surface area (Å²) in [6, 6.07) is 19.0. The first kappa shape index (κ1) is 29.5. The third-order valence-corrected chi connectivity index (χ3v) is 7.01. The van der Waals surface area contributed by atoms with Gasteiger partial charge in [0.2, 0.25) is 6.41 Å². The molecule has 1 amide bonds. The number of methoxy groups -OCH3 is 2. The Morgan fingerprint density at radius 2 is 1.63 bits per heavy atom. The summed E-state index contributed by atoms with van der Waals surface area (Å²) >= 11 is 12.8. The number of halogens is 2. The van der Waals surface area contributed by atoms with Crippen molar-refractivity contribution in [1.29, 1.82) is 0 Å². The van der Waals surface area contributed by atoms with Gasteiger partial charge in [-0.15, -0.1) is 0 Å². The van der Waals surface area contributed by atoms with Crippen LogP contribution in [0, 0.1) is 5.21 Å². The molecule has 11 heteroatoms. The van der Waals surface area contributed by atoms with Gasteiger partial charge >= 0.3 is 5.97 Å². The van der Waals surface area contributed by atoms with Crippen LogP contribution in [0.25, 0.3) is 0 Å². The summed E-state index contributed by atoms with van der Waals surface area (Å²) in [6.07, 6.45) is 2.34. The number of pyridine rings is 1. The van der Waals surface area contributed by atoms with Crippen LogP contribution in [0.5, 0.6) is 17.2 Å². The first-order valence-corrected chi connectivity index (χ1v) is 13.1. The van der Waals surface area contributed by atoms with Crippen molar-refractivity contribution in [2.24, 2.45) is 0 Å². The van der Waals surface area contributed by atoms with Crippen LogP contribution >= 0.6 is 23.2 Å². The molecule has 41 heavy (non-hydrogen) atoms. The van der Waals surface area contributed by atoms with Crippen molar-refractivity contribution in [2.75, 3.05) is 19.1 Å². The zero-order valence-corrected chi connectivity index (χ0v) is 23.6. The van der Waals surface area contributed by atoms with Crippen LogP contribution in [-0.4, -0.2) is 31.7 Å². The Labute approximate surface area is 246 Å². The molecule has 1 heterocycles. The molecule has 0 saturated heterocycles. The summed E-state index contributed by atoms with van der Waals surface area (Å²) in [5.74, 6) is 0.131. The third-order valence-electron chi connectivity index (χ3n) is 6.36. The molecule has 4 aromatic rings. The average Bonchev–Trinajstić information content (AvgIpc) is 2.97. The Morgan fingerprint density at radius 3 is 2.24 bits per heavy atom. The van der Waals surface area contributed by atoms with Gasteiger partial charge in [0.25, 0.3) is 0 Å². The number of amides is 1. The number of hydrogen-bond donors (Lipinski definition) is 1. The molecule has 212 valence electrons. The molecular formula is C30H26Cl2N2O7. The summed E-state index contributed by atoms with van der Waals surface area (Å²) < 4.78 is 17.8. The number of hydrogen-bond acceptors (Lipinski definition) is 6. The van der Waals surface area contributed by atoms with E-state index in [1.54, 1.807) is 72.8 Å². The second-order valence-electron chi connectivity index (χ2n) is 8.88. The number of rotatable bonds is 12. The number of carbonyl (C=O) groups is 2. The first-order chi connectivity index (χ1) is 19.7. The van der Waals surface area contributed by atoms with Crippen LogP contribution in [0.4, 0.5) is 5.69 Å².